The van der Waals surface area contributed by atoms with Gasteiger partial charge in [0.15, 0.2) is 0 Å². The van der Waals surface area contributed by atoms with Gasteiger partial charge in [-0.05, 0) is 18.2 Å². The molecule has 1 aromatic rings. The van der Waals surface area contributed by atoms with E-state index in [9.17, 15) is 9.18 Å². The second kappa shape index (κ2) is 4.38. The van der Waals surface area contributed by atoms with Gasteiger partial charge in [-0.25, -0.2) is 4.39 Å². The third kappa shape index (κ3) is 2.30. The third-order valence-electron chi connectivity index (χ3n) is 1.69. The van der Waals surface area contributed by atoms with Crippen LogP contribution in [0.15, 0.2) is 18.2 Å². The smallest absolute Gasteiger partial charge is 0.224 e. The summed E-state index contributed by atoms with van der Waals surface area (Å²) in [5, 5.41) is 11.0. The average molecular weight is 192 g/mol. The number of anilines is 1. The lowest BCUT2D eigenvalue weighted by Gasteiger charge is -2.03. The van der Waals surface area contributed by atoms with Crippen molar-refractivity contribution >= 4 is 11.6 Å². The van der Waals surface area contributed by atoms with Crippen molar-refractivity contribution in [2.75, 3.05) is 5.32 Å². The minimum Gasteiger partial charge on any atom is -0.326 e. The summed E-state index contributed by atoms with van der Waals surface area (Å²) in [6, 6.07) is 5.66. The maximum Gasteiger partial charge on any atom is 0.224 e. The minimum atomic E-state index is -0.624. The standard InChI is InChI=1S/C10H9FN2O/c1-2-10(14)13-8-4-3-7(6-12)9(11)5-8/h3-5H,2H2,1H3,(H,13,14). The molecule has 0 aliphatic heterocycles. The molecule has 0 aromatic heterocycles. The zero-order valence-corrected chi connectivity index (χ0v) is 7.67. The van der Waals surface area contributed by atoms with Gasteiger partial charge in [-0.3, -0.25) is 4.79 Å². The van der Waals surface area contributed by atoms with E-state index in [0.29, 0.717) is 12.1 Å². The van der Waals surface area contributed by atoms with E-state index in [0.717, 1.165) is 6.07 Å². The SMILES string of the molecule is CCC(=O)Nc1ccc(C#N)c(F)c1. The fraction of sp³-hybridized carbons (Fsp3) is 0.200. The molecule has 1 aromatic carbocycles. The molecule has 0 saturated heterocycles. The third-order valence-corrected chi connectivity index (χ3v) is 1.69. The van der Waals surface area contributed by atoms with E-state index in [1.54, 1.807) is 13.0 Å². The van der Waals surface area contributed by atoms with Crippen LogP contribution >= 0.6 is 0 Å². The van der Waals surface area contributed by atoms with Crippen LogP contribution in [0.4, 0.5) is 10.1 Å². The van der Waals surface area contributed by atoms with Crippen molar-refractivity contribution in [3.63, 3.8) is 0 Å². The van der Waals surface area contributed by atoms with Crippen LogP contribution in [0.5, 0.6) is 0 Å². The van der Waals surface area contributed by atoms with Gasteiger partial charge in [0, 0.05) is 12.1 Å². The van der Waals surface area contributed by atoms with Gasteiger partial charge >= 0.3 is 0 Å². The van der Waals surface area contributed by atoms with Crippen molar-refractivity contribution < 1.29 is 9.18 Å². The van der Waals surface area contributed by atoms with Crippen LogP contribution in [-0.4, -0.2) is 5.91 Å². The first-order valence-corrected chi connectivity index (χ1v) is 4.17. The Labute approximate surface area is 81.2 Å². The Kier molecular flexibility index (Phi) is 3.19. The van der Waals surface area contributed by atoms with E-state index in [1.165, 1.54) is 12.1 Å². The molecule has 0 radical (unpaired) electrons. The topological polar surface area (TPSA) is 52.9 Å². The van der Waals surface area contributed by atoms with Gasteiger partial charge in [0.25, 0.3) is 0 Å². The summed E-state index contributed by atoms with van der Waals surface area (Å²) in [5.41, 5.74) is 0.341. The predicted molar refractivity (Wildman–Crippen MR) is 50.0 cm³/mol. The lowest BCUT2D eigenvalue weighted by Crippen LogP contribution is -2.09. The summed E-state index contributed by atoms with van der Waals surface area (Å²) in [5.74, 6) is -0.810. The van der Waals surface area contributed by atoms with Crippen LogP contribution in [0, 0.1) is 17.1 Å². The highest BCUT2D eigenvalue weighted by Gasteiger charge is 2.04. The number of rotatable bonds is 2. The Bertz CT molecular complexity index is 396. The summed E-state index contributed by atoms with van der Waals surface area (Å²) in [6.45, 7) is 1.70. The molecule has 0 bridgehead atoms. The predicted octanol–water partition coefficient (Wildman–Crippen LogP) is 2.05. The fourth-order valence-electron chi connectivity index (χ4n) is 0.933. The number of nitriles is 1. The summed E-state index contributed by atoms with van der Waals surface area (Å²) < 4.78 is 13.0. The first-order chi connectivity index (χ1) is 6.67. The molecule has 0 aliphatic carbocycles. The zero-order valence-electron chi connectivity index (χ0n) is 7.67. The number of carbonyl (C=O) groups is 1. The van der Waals surface area contributed by atoms with E-state index in [4.69, 9.17) is 5.26 Å². The van der Waals surface area contributed by atoms with Gasteiger partial charge in [-0.15, -0.1) is 0 Å². The van der Waals surface area contributed by atoms with E-state index < -0.39 is 5.82 Å². The molecule has 0 heterocycles. The van der Waals surface area contributed by atoms with Crippen molar-refractivity contribution in [2.45, 2.75) is 13.3 Å². The number of benzene rings is 1. The van der Waals surface area contributed by atoms with Crippen molar-refractivity contribution in [3.05, 3.63) is 29.6 Å². The van der Waals surface area contributed by atoms with Crippen molar-refractivity contribution in [3.8, 4) is 6.07 Å². The highest BCUT2D eigenvalue weighted by atomic mass is 19.1. The lowest BCUT2D eigenvalue weighted by atomic mass is 10.2. The first-order valence-electron chi connectivity index (χ1n) is 4.17. The molecule has 0 atom stereocenters. The molecule has 3 nitrogen and oxygen atoms in total. The Balaban J connectivity index is 2.88. The molecule has 0 aliphatic rings. The molecule has 1 rings (SSSR count). The van der Waals surface area contributed by atoms with E-state index in [2.05, 4.69) is 5.32 Å². The number of hydrogen-bond donors (Lipinski definition) is 1. The molecule has 0 spiro atoms. The van der Waals surface area contributed by atoms with Crippen LogP contribution in [0.2, 0.25) is 0 Å². The monoisotopic (exact) mass is 192 g/mol. The van der Waals surface area contributed by atoms with Crippen LogP contribution in [0.1, 0.15) is 18.9 Å². The molecule has 4 heteroatoms. The number of nitrogens with one attached hydrogen (secondary N) is 1. The number of hydrogen-bond acceptors (Lipinski definition) is 2. The summed E-state index contributed by atoms with van der Waals surface area (Å²) in [6.07, 6.45) is 0.335. The quantitative estimate of drug-likeness (QED) is 0.779. The van der Waals surface area contributed by atoms with Gasteiger partial charge in [0.1, 0.15) is 11.9 Å². The normalized spacial score (nSPS) is 9.21. The Morgan fingerprint density at radius 1 is 1.64 bits per heavy atom. The summed E-state index contributed by atoms with van der Waals surface area (Å²) in [4.78, 5) is 10.9. The van der Waals surface area contributed by atoms with E-state index in [-0.39, 0.29) is 11.5 Å². The molecule has 0 fully saturated rings. The molecule has 72 valence electrons. The second-order valence-electron chi connectivity index (χ2n) is 2.71. The van der Waals surface area contributed by atoms with Crippen molar-refractivity contribution in [2.24, 2.45) is 0 Å². The molecule has 14 heavy (non-hydrogen) atoms. The van der Waals surface area contributed by atoms with E-state index in [1.807, 2.05) is 0 Å². The van der Waals surface area contributed by atoms with Crippen LogP contribution < -0.4 is 5.32 Å². The van der Waals surface area contributed by atoms with Gasteiger partial charge in [0.2, 0.25) is 5.91 Å². The highest BCUT2D eigenvalue weighted by Crippen LogP contribution is 2.13. The van der Waals surface area contributed by atoms with Gasteiger partial charge in [-0.2, -0.15) is 5.26 Å². The molecular weight excluding hydrogens is 183 g/mol. The molecule has 0 saturated carbocycles. The Morgan fingerprint density at radius 2 is 2.36 bits per heavy atom. The fourth-order valence-corrected chi connectivity index (χ4v) is 0.933. The largest absolute Gasteiger partial charge is 0.326 e. The molecule has 0 unspecified atom stereocenters. The Hall–Kier alpha value is -1.89. The zero-order chi connectivity index (χ0) is 10.6. The highest BCUT2D eigenvalue weighted by molar-refractivity contribution is 5.90. The van der Waals surface area contributed by atoms with Crippen molar-refractivity contribution in [1.82, 2.24) is 0 Å². The van der Waals surface area contributed by atoms with Crippen molar-refractivity contribution in [1.29, 1.82) is 5.26 Å². The molecule has 1 N–H and O–H groups in total. The Morgan fingerprint density at radius 3 is 2.86 bits per heavy atom. The summed E-state index contributed by atoms with van der Waals surface area (Å²) >= 11 is 0. The first kappa shape index (κ1) is 10.2. The molecule has 1 amide bonds. The average Bonchev–Trinajstić information content (AvgIpc) is 2.18. The summed E-state index contributed by atoms with van der Waals surface area (Å²) in [7, 11) is 0. The molecular formula is C10H9FN2O. The van der Waals surface area contributed by atoms with Crippen LogP contribution in [-0.2, 0) is 4.79 Å². The van der Waals surface area contributed by atoms with Gasteiger partial charge < -0.3 is 5.32 Å². The second-order valence-corrected chi connectivity index (χ2v) is 2.71. The number of carbonyl (C=O) groups excluding carboxylic acids is 1. The number of amides is 1. The van der Waals surface area contributed by atoms with Crippen LogP contribution in [0.3, 0.4) is 0 Å². The van der Waals surface area contributed by atoms with Gasteiger partial charge in [0.05, 0.1) is 5.56 Å². The van der Waals surface area contributed by atoms with Crippen LogP contribution in [0.25, 0.3) is 0 Å². The van der Waals surface area contributed by atoms with Gasteiger partial charge in [-0.1, -0.05) is 6.92 Å². The minimum absolute atomic E-state index is 0.0282. The lowest BCUT2D eigenvalue weighted by molar-refractivity contribution is -0.115. The maximum atomic E-state index is 13.0. The van der Waals surface area contributed by atoms with E-state index >= 15 is 0 Å². The number of halogens is 1. The number of nitrogens with zero attached hydrogens (tertiary/aromatic N) is 1. The maximum absolute atomic E-state index is 13.0.